The van der Waals surface area contributed by atoms with Crippen LogP contribution in [0.4, 0.5) is 0 Å². The number of nitrogens with zero attached hydrogens (tertiary/aromatic N) is 2. The molecule has 2 rings (SSSR count). The molecule has 0 radical (unpaired) electrons. The Morgan fingerprint density at radius 3 is 2.75 bits per heavy atom. The fourth-order valence-electron chi connectivity index (χ4n) is 2.31. The third kappa shape index (κ3) is 1.87. The number of rotatable bonds is 3. The molecule has 0 amide bonds. The van der Waals surface area contributed by atoms with Crippen molar-refractivity contribution in [1.82, 2.24) is 15.1 Å². The van der Waals surface area contributed by atoms with E-state index in [2.05, 4.69) is 30.3 Å². The molecule has 2 unspecified atom stereocenters. The van der Waals surface area contributed by atoms with Gasteiger partial charge >= 0.3 is 0 Å². The largest absolute Gasteiger partial charge is 0.392 e. The highest BCUT2D eigenvalue weighted by molar-refractivity contribution is 5.10. The van der Waals surface area contributed by atoms with Gasteiger partial charge in [-0.15, -0.1) is 0 Å². The first-order chi connectivity index (χ1) is 7.41. The van der Waals surface area contributed by atoms with Crippen LogP contribution in [0.1, 0.15) is 31.7 Å². The fraction of sp³-hybridized carbons (Fsp3) is 0.750. The van der Waals surface area contributed by atoms with Crippen LogP contribution in [0.15, 0.2) is 6.07 Å². The highest BCUT2D eigenvalue weighted by Crippen LogP contribution is 2.40. The van der Waals surface area contributed by atoms with E-state index in [1.807, 2.05) is 18.7 Å². The van der Waals surface area contributed by atoms with Crippen LogP contribution in [0.25, 0.3) is 0 Å². The van der Waals surface area contributed by atoms with E-state index in [-0.39, 0.29) is 11.5 Å². The summed E-state index contributed by atoms with van der Waals surface area (Å²) in [4.78, 5) is 0. The normalized spacial score (nSPS) is 27.8. The van der Waals surface area contributed by atoms with Gasteiger partial charge in [0.25, 0.3) is 0 Å². The van der Waals surface area contributed by atoms with Gasteiger partial charge in [-0.05, 0) is 19.4 Å². The van der Waals surface area contributed by atoms with Crippen molar-refractivity contribution in [2.75, 3.05) is 0 Å². The van der Waals surface area contributed by atoms with Gasteiger partial charge in [0.2, 0.25) is 0 Å². The standard InChI is InChI=1S/C12H21N3O/c1-8-5-9(15(4)14-8)7-13-10-6-11(16)12(10,2)3/h5,10-11,13,16H,6-7H2,1-4H3. The minimum atomic E-state index is -0.168. The predicted octanol–water partition coefficient (Wildman–Crippen LogP) is 0.978. The molecule has 1 aliphatic carbocycles. The molecular weight excluding hydrogens is 202 g/mol. The molecule has 1 aliphatic rings. The van der Waals surface area contributed by atoms with Gasteiger partial charge in [-0.2, -0.15) is 5.10 Å². The van der Waals surface area contributed by atoms with E-state index >= 15 is 0 Å². The van der Waals surface area contributed by atoms with Gasteiger partial charge in [-0.1, -0.05) is 13.8 Å². The summed E-state index contributed by atoms with van der Waals surface area (Å²) in [6, 6.07) is 2.49. The Morgan fingerprint density at radius 1 is 1.62 bits per heavy atom. The Morgan fingerprint density at radius 2 is 2.31 bits per heavy atom. The summed E-state index contributed by atoms with van der Waals surface area (Å²) in [6.45, 7) is 7.03. The van der Waals surface area contributed by atoms with Crippen molar-refractivity contribution in [3.05, 3.63) is 17.5 Å². The van der Waals surface area contributed by atoms with Gasteiger partial charge in [0.1, 0.15) is 0 Å². The highest BCUT2D eigenvalue weighted by Gasteiger charge is 2.46. The summed E-state index contributed by atoms with van der Waals surface area (Å²) < 4.78 is 1.91. The average Bonchev–Trinajstić information content (AvgIpc) is 2.52. The number of hydrogen-bond donors (Lipinski definition) is 2. The Balaban J connectivity index is 1.92. The van der Waals surface area contributed by atoms with Crippen LogP contribution in [0.5, 0.6) is 0 Å². The Kier molecular flexibility index (Phi) is 2.80. The van der Waals surface area contributed by atoms with Gasteiger partial charge in [-0.25, -0.2) is 0 Å². The average molecular weight is 223 g/mol. The van der Waals surface area contributed by atoms with E-state index in [4.69, 9.17) is 0 Å². The quantitative estimate of drug-likeness (QED) is 0.803. The van der Waals surface area contributed by atoms with Crippen LogP contribution >= 0.6 is 0 Å². The molecule has 90 valence electrons. The molecule has 1 heterocycles. The summed E-state index contributed by atoms with van der Waals surface area (Å²) in [5.41, 5.74) is 2.23. The minimum Gasteiger partial charge on any atom is -0.392 e. The van der Waals surface area contributed by atoms with E-state index < -0.39 is 0 Å². The lowest BCUT2D eigenvalue weighted by molar-refractivity contribution is -0.0731. The first-order valence-corrected chi connectivity index (χ1v) is 5.82. The van der Waals surface area contributed by atoms with Crippen molar-refractivity contribution in [3.63, 3.8) is 0 Å². The Hall–Kier alpha value is -0.870. The van der Waals surface area contributed by atoms with Gasteiger partial charge in [0, 0.05) is 25.0 Å². The van der Waals surface area contributed by atoms with Gasteiger partial charge in [0.15, 0.2) is 0 Å². The molecule has 1 fully saturated rings. The molecule has 4 heteroatoms. The molecule has 4 nitrogen and oxygen atoms in total. The van der Waals surface area contributed by atoms with E-state index in [0.29, 0.717) is 6.04 Å². The van der Waals surface area contributed by atoms with Crippen LogP contribution in [0, 0.1) is 12.3 Å². The lowest BCUT2D eigenvalue weighted by atomic mass is 9.64. The molecule has 0 aromatic carbocycles. The lowest BCUT2D eigenvalue weighted by Crippen LogP contribution is -2.59. The molecule has 2 atom stereocenters. The molecular formula is C12H21N3O. The van der Waals surface area contributed by atoms with Crippen LogP contribution in [0.2, 0.25) is 0 Å². The lowest BCUT2D eigenvalue weighted by Gasteiger charge is -2.49. The number of aliphatic hydroxyl groups is 1. The van der Waals surface area contributed by atoms with Crippen molar-refractivity contribution in [1.29, 1.82) is 0 Å². The molecule has 0 bridgehead atoms. The van der Waals surface area contributed by atoms with Gasteiger partial charge in [0.05, 0.1) is 17.5 Å². The molecule has 1 saturated carbocycles. The van der Waals surface area contributed by atoms with Crippen molar-refractivity contribution >= 4 is 0 Å². The zero-order valence-corrected chi connectivity index (χ0v) is 10.5. The summed E-state index contributed by atoms with van der Waals surface area (Å²) in [5, 5.41) is 17.4. The minimum absolute atomic E-state index is 0.00631. The highest BCUT2D eigenvalue weighted by atomic mass is 16.3. The number of aliphatic hydroxyl groups excluding tert-OH is 1. The maximum atomic E-state index is 9.64. The second-order valence-corrected chi connectivity index (χ2v) is 5.41. The molecule has 16 heavy (non-hydrogen) atoms. The summed E-state index contributed by atoms with van der Waals surface area (Å²) in [7, 11) is 1.96. The fourth-order valence-corrected chi connectivity index (χ4v) is 2.31. The zero-order chi connectivity index (χ0) is 11.9. The molecule has 0 saturated heterocycles. The summed E-state index contributed by atoms with van der Waals surface area (Å²) in [6.07, 6.45) is 0.683. The Bertz CT molecular complexity index is 384. The maximum Gasteiger partial charge on any atom is 0.0621 e. The predicted molar refractivity (Wildman–Crippen MR) is 63.0 cm³/mol. The third-order valence-electron chi connectivity index (χ3n) is 3.84. The zero-order valence-electron chi connectivity index (χ0n) is 10.5. The van der Waals surface area contributed by atoms with Crippen LogP contribution in [-0.4, -0.2) is 27.0 Å². The van der Waals surface area contributed by atoms with Crippen LogP contribution < -0.4 is 5.32 Å². The molecule has 1 aromatic heterocycles. The second-order valence-electron chi connectivity index (χ2n) is 5.41. The summed E-state index contributed by atoms with van der Waals surface area (Å²) in [5.74, 6) is 0. The van der Waals surface area contributed by atoms with E-state index in [1.165, 1.54) is 5.69 Å². The number of aromatic nitrogens is 2. The SMILES string of the molecule is Cc1cc(CNC2CC(O)C2(C)C)n(C)n1. The van der Waals surface area contributed by atoms with Gasteiger partial charge in [-0.3, -0.25) is 4.68 Å². The first kappa shape index (κ1) is 11.6. The summed E-state index contributed by atoms with van der Waals surface area (Å²) >= 11 is 0. The molecule has 0 aliphatic heterocycles. The van der Waals surface area contributed by atoms with E-state index in [9.17, 15) is 5.11 Å². The van der Waals surface area contributed by atoms with Crippen LogP contribution in [-0.2, 0) is 13.6 Å². The smallest absolute Gasteiger partial charge is 0.0621 e. The maximum absolute atomic E-state index is 9.64. The molecule has 0 spiro atoms. The first-order valence-electron chi connectivity index (χ1n) is 5.82. The number of hydrogen-bond acceptors (Lipinski definition) is 3. The monoisotopic (exact) mass is 223 g/mol. The van der Waals surface area contributed by atoms with Crippen molar-refractivity contribution < 1.29 is 5.11 Å². The number of aryl methyl sites for hydroxylation is 2. The van der Waals surface area contributed by atoms with Crippen molar-refractivity contribution in [2.45, 2.75) is 45.9 Å². The van der Waals surface area contributed by atoms with Crippen molar-refractivity contribution in [3.8, 4) is 0 Å². The van der Waals surface area contributed by atoms with Gasteiger partial charge < -0.3 is 10.4 Å². The van der Waals surface area contributed by atoms with Crippen LogP contribution in [0.3, 0.4) is 0 Å². The topological polar surface area (TPSA) is 50.1 Å². The second kappa shape index (κ2) is 3.86. The molecule has 2 N–H and O–H groups in total. The third-order valence-corrected chi connectivity index (χ3v) is 3.84. The van der Waals surface area contributed by atoms with E-state index in [0.717, 1.165) is 18.7 Å². The van der Waals surface area contributed by atoms with E-state index in [1.54, 1.807) is 0 Å². The Labute approximate surface area is 96.7 Å². The number of nitrogens with one attached hydrogen (secondary N) is 1. The van der Waals surface area contributed by atoms with Crippen molar-refractivity contribution in [2.24, 2.45) is 12.5 Å². The molecule has 1 aromatic rings.